The van der Waals surface area contributed by atoms with Gasteiger partial charge in [0.25, 0.3) is 5.91 Å². The van der Waals surface area contributed by atoms with Crippen molar-refractivity contribution in [3.63, 3.8) is 0 Å². The predicted molar refractivity (Wildman–Crippen MR) is 64.4 cm³/mol. The van der Waals surface area contributed by atoms with Gasteiger partial charge in [-0.15, -0.1) is 0 Å². The van der Waals surface area contributed by atoms with E-state index in [0.717, 1.165) is 4.90 Å². The summed E-state index contributed by atoms with van der Waals surface area (Å²) >= 11 is 3.13. The van der Waals surface area contributed by atoms with Crippen LogP contribution >= 0.6 is 15.9 Å². The van der Waals surface area contributed by atoms with Crippen LogP contribution in [0.1, 0.15) is 12.7 Å². The standard InChI is InChI=1S/C11H11BrN2O3/c1-7(12)6-14-9(15)11(2,13-10(14)16)8-4-3-5-17-8/h3-5H,1,6H2,2H3,(H,13,16)/t11-/m1/s1. The number of urea groups is 1. The zero-order valence-corrected chi connectivity index (χ0v) is 10.8. The fourth-order valence-corrected chi connectivity index (χ4v) is 1.99. The van der Waals surface area contributed by atoms with E-state index >= 15 is 0 Å². The topological polar surface area (TPSA) is 62.6 Å². The number of imide groups is 1. The van der Waals surface area contributed by atoms with Crippen molar-refractivity contribution >= 4 is 27.9 Å². The fourth-order valence-electron chi connectivity index (χ4n) is 1.74. The third-order valence-corrected chi connectivity index (χ3v) is 2.87. The van der Waals surface area contributed by atoms with Crippen molar-refractivity contribution in [1.82, 2.24) is 10.2 Å². The maximum Gasteiger partial charge on any atom is 0.325 e. The number of carbonyl (C=O) groups excluding carboxylic acids is 2. The Bertz CT molecular complexity index is 483. The van der Waals surface area contributed by atoms with Gasteiger partial charge in [0.05, 0.1) is 12.8 Å². The SMILES string of the molecule is C=C(Br)CN1C(=O)N[C@](C)(c2ccco2)C1=O. The molecule has 2 rings (SSSR count). The average Bonchev–Trinajstić information content (AvgIpc) is 2.83. The molecular weight excluding hydrogens is 288 g/mol. The number of halogens is 1. The van der Waals surface area contributed by atoms with Crippen molar-refractivity contribution in [1.29, 1.82) is 0 Å². The van der Waals surface area contributed by atoms with Crippen LogP contribution in [0, 0.1) is 0 Å². The third-order valence-electron chi connectivity index (χ3n) is 2.62. The van der Waals surface area contributed by atoms with Crippen LogP contribution in [0.3, 0.4) is 0 Å². The van der Waals surface area contributed by atoms with E-state index in [1.54, 1.807) is 19.1 Å². The van der Waals surface area contributed by atoms with E-state index in [0.29, 0.717) is 10.2 Å². The summed E-state index contributed by atoms with van der Waals surface area (Å²) in [6.07, 6.45) is 1.46. The zero-order valence-electron chi connectivity index (χ0n) is 9.20. The van der Waals surface area contributed by atoms with Crippen LogP contribution in [0.15, 0.2) is 33.9 Å². The Balaban J connectivity index is 2.32. The van der Waals surface area contributed by atoms with Gasteiger partial charge in [0.1, 0.15) is 5.76 Å². The zero-order chi connectivity index (χ0) is 12.6. The van der Waals surface area contributed by atoms with E-state index in [1.165, 1.54) is 6.26 Å². The number of hydrogen-bond donors (Lipinski definition) is 1. The molecule has 1 N–H and O–H groups in total. The monoisotopic (exact) mass is 298 g/mol. The van der Waals surface area contributed by atoms with E-state index in [-0.39, 0.29) is 12.5 Å². The maximum atomic E-state index is 12.2. The fraction of sp³-hybridized carbons (Fsp3) is 0.273. The highest BCUT2D eigenvalue weighted by Gasteiger charge is 2.50. The van der Waals surface area contributed by atoms with Crippen LogP contribution in [-0.4, -0.2) is 23.4 Å². The van der Waals surface area contributed by atoms with E-state index in [2.05, 4.69) is 27.8 Å². The number of hydrogen-bond acceptors (Lipinski definition) is 3. The van der Waals surface area contributed by atoms with Crippen LogP contribution in [0.25, 0.3) is 0 Å². The molecule has 90 valence electrons. The molecule has 1 atom stereocenters. The molecule has 1 aliphatic heterocycles. The lowest BCUT2D eigenvalue weighted by Crippen LogP contribution is -2.40. The van der Waals surface area contributed by atoms with E-state index < -0.39 is 11.6 Å². The van der Waals surface area contributed by atoms with E-state index in [1.807, 2.05) is 0 Å². The minimum atomic E-state index is -1.14. The Morgan fingerprint density at radius 3 is 2.88 bits per heavy atom. The molecule has 0 bridgehead atoms. The number of amides is 3. The molecule has 0 saturated carbocycles. The lowest BCUT2D eigenvalue weighted by molar-refractivity contribution is -0.131. The molecule has 0 unspecified atom stereocenters. The van der Waals surface area contributed by atoms with Gasteiger partial charge < -0.3 is 9.73 Å². The van der Waals surface area contributed by atoms with Crippen molar-refractivity contribution in [3.8, 4) is 0 Å². The highest BCUT2D eigenvalue weighted by molar-refractivity contribution is 9.11. The van der Waals surface area contributed by atoms with Gasteiger partial charge in [0.2, 0.25) is 0 Å². The smallest absolute Gasteiger partial charge is 0.325 e. The summed E-state index contributed by atoms with van der Waals surface area (Å²) in [7, 11) is 0. The molecule has 1 aromatic heterocycles. The maximum absolute atomic E-state index is 12.2. The number of rotatable bonds is 3. The second-order valence-electron chi connectivity index (χ2n) is 3.94. The largest absolute Gasteiger partial charge is 0.466 e. The molecule has 6 heteroatoms. The van der Waals surface area contributed by atoms with Crippen LogP contribution in [0.5, 0.6) is 0 Å². The Morgan fingerprint density at radius 1 is 1.65 bits per heavy atom. The molecule has 5 nitrogen and oxygen atoms in total. The van der Waals surface area contributed by atoms with Crippen molar-refractivity contribution in [2.24, 2.45) is 0 Å². The van der Waals surface area contributed by atoms with Gasteiger partial charge in [0, 0.05) is 4.48 Å². The normalized spacial score (nSPS) is 24.0. The lowest BCUT2D eigenvalue weighted by atomic mass is 9.99. The van der Waals surface area contributed by atoms with Crippen LogP contribution in [0.4, 0.5) is 4.79 Å². The number of furan rings is 1. The first-order valence-electron chi connectivity index (χ1n) is 4.96. The van der Waals surface area contributed by atoms with Crippen molar-refractivity contribution in [3.05, 3.63) is 35.2 Å². The summed E-state index contributed by atoms with van der Waals surface area (Å²) in [5, 5.41) is 2.62. The van der Waals surface area contributed by atoms with Gasteiger partial charge in [0.15, 0.2) is 5.54 Å². The minimum absolute atomic E-state index is 0.140. The Labute approximate surface area is 107 Å². The van der Waals surface area contributed by atoms with Crippen molar-refractivity contribution in [2.75, 3.05) is 6.54 Å². The quantitative estimate of drug-likeness (QED) is 0.868. The van der Waals surface area contributed by atoms with Crippen molar-refractivity contribution < 1.29 is 14.0 Å². The van der Waals surface area contributed by atoms with Crippen molar-refractivity contribution in [2.45, 2.75) is 12.5 Å². The molecule has 1 aromatic rings. The molecule has 0 radical (unpaired) electrons. The summed E-state index contributed by atoms with van der Waals surface area (Å²) in [5.41, 5.74) is -1.14. The molecule has 3 amide bonds. The van der Waals surface area contributed by atoms with Gasteiger partial charge >= 0.3 is 6.03 Å². The van der Waals surface area contributed by atoms with Crippen LogP contribution in [0.2, 0.25) is 0 Å². The highest BCUT2D eigenvalue weighted by atomic mass is 79.9. The van der Waals surface area contributed by atoms with Gasteiger partial charge in [-0.3, -0.25) is 9.69 Å². The molecule has 1 aliphatic rings. The van der Waals surface area contributed by atoms with Crippen LogP contribution < -0.4 is 5.32 Å². The first kappa shape index (κ1) is 11.9. The van der Waals surface area contributed by atoms with Gasteiger partial charge in [-0.25, -0.2) is 4.79 Å². The summed E-state index contributed by atoms with van der Waals surface area (Å²) < 4.78 is 5.76. The predicted octanol–water partition coefficient (Wildman–Crippen LogP) is 1.96. The first-order chi connectivity index (χ1) is 7.95. The number of carbonyl (C=O) groups is 2. The number of nitrogens with one attached hydrogen (secondary N) is 1. The second kappa shape index (κ2) is 4.03. The van der Waals surface area contributed by atoms with E-state index in [4.69, 9.17) is 4.42 Å². The Kier molecular flexibility index (Phi) is 2.82. The molecule has 0 aromatic carbocycles. The molecule has 0 aliphatic carbocycles. The van der Waals surface area contributed by atoms with Gasteiger partial charge in [-0.2, -0.15) is 0 Å². The molecule has 1 fully saturated rings. The summed E-state index contributed by atoms with van der Waals surface area (Å²) in [6, 6.07) is 2.88. The third kappa shape index (κ3) is 1.88. The van der Waals surface area contributed by atoms with Gasteiger partial charge in [-0.1, -0.05) is 22.5 Å². The Morgan fingerprint density at radius 2 is 2.35 bits per heavy atom. The lowest BCUT2D eigenvalue weighted by Gasteiger charge is -2.18. The first-order valence-corrected chi connectivity index (χ1v) is 5.76. The van der Waals surface area contributed by atoms with Gasteiger partial charge in [-0.05, 0) is 19.1 Å². The molecular formula is C11H11BrN2O3. The summed E-state index contributed by atoms with van der Waals surface area (Å²) in [4.78, 5) is 25.0. The molecule has 2 heterocycles. The average molecular weight is 299 g/mol. The summed E-state index contributed by atoms with van der Waals surface area (Å²) in [5.74, 6) is 0.0663. The highest BCUT2D eigenvalue weighted by Crippen LogP contribution is 2.29. The molecule has 0 spiro atoms. The molecule has 17 heavy (non-hydrogen) atoms. The minimum Gasteiger partial charge on any atom is -0.466 e. The second-order valence-corrected chi connectivity index (χ2v) is 5.06. The molecule has 1 saturated heterocycles. The van der Waals surface area contributed by atoms with E-state index in [9.17, 15) is 9.59 Å². The Hall–Kier alpha value is -1.56. The van der Waals surface area contributed by atoms with Crippen LogP contribution in [-0.2, 0) is 10.3 Å². The summed E-state index contributed by atoms with van der Waals surface area (Å²) in [6.45, 7) is 5.37. The number of nitrogens with zero attached hydrogens (tertiary/aromatic N) is 1.